The van der Waals surface area contributed by atoms with Crippen LogP contribution >= 0.6 is 0 Å². The van der Waals surface area contributed by atoms with Gasteiger partial charge in [0.25, 0.3) is 0 Å². The zero-order chi connectivity index (χ0) is 22.0. The molecule has 1 N–H and O–H groups in total. The second-order valence-corrected chi connectivity index (χ2v) is 10.7. The number of hydrogen-bond acceptors (Lipinski definition) is 3. The van der Waals surface area contributed by atoms with Crippen LogP contribution in [-0.2, 0) is 11.2 Å². The molecule has 31 heavy (non-hydrogen) atoms. The number of carbonyl (C=O) groups excluding carboxylic acids is 1. The second-order valence-electron chi connectivity index (χ2n) is 10.7. The normalized spacial score (nSPS) is 33.1. The van der Waals surface area contributed by atoms with Crippen LogP contribution in [0.4, 0.5) is 4.39 Å². The lowest BCUT2D eigenvalue weighted by molar-refractivity contribution is -0.130. The Balaban J connectivity index is 1.45. The molecule has 0 heterocycles. The molecule has 2 fully saturated rings. The molecular weight excluding hydrogens is 389 g/mol. The van der Waals surface area contributed by atoms with Gasteiger partial charge >= 0.3 is 0 Å². The first kappa shape index (κ1) is 22.9. The Morgan fingerprint density at radius 3 is 2.81 bits per heavy atom. The molecular formula is C27H40FNO2. The van der Waals surface area contributed by atoms with Gasteiger partial charge in [-0.25, -0.2) is 4.39 Å². The smallest absolute Gasteiger partial charge is 0.139 e. The van der Waals surface area contributed by atoms with Crippen molar-refractivity contribution in [3.63, 3.8) is 0 Å². The second kappa shape index (κ2) is 9.70. The SMILES string of the molecule is CN(CCCO)CCCC(F)C[C@@H]1Cc2ccccc2[C@H]2CC[C@]3(C)C(=O)CC[C@H]3[C@H]12. The molecule has 3 aliphatic carbocycles. The Morgan fingerprint density at radius 2 is 2.00 bits per heavy atom. The number of hydrogen-bond donors (Lipinski definition) is 1. The highest BCUT2D eigenvalue weighted by Crippen LogP contribution is 2.61. The average molecular weight is 430 g/mol. The maximum absolute atomic E-state index is 15.2. The number of aliphatic hydroxyl groups is 1. The van der Waals surface area contributed by atoms with Gasteiger partial charge in [0.2, 0.25) is 0 Å². The van der Waals surface area contributed by atoms with Crippen molar-refractivity contribution in [2.75, 3.05) is 26.7 Å². The highest BCUT2D eigenvalue weighted by Gasteiger charge is 2.56. The van der Waals surface area contributed by atoms with E-state index >= 15 is 4.39 Å². The fourth-order valence-corrected chi connectivity index (χ4v) is 7.21. The maximum atomic E-state index is 15.2. The molecule has 3 aliphatic rings. The van der Waals surface area contributed by atoms with Crippen LogP contribution in [0.2, 0.25) is 0 Å². The highest BCUT2D eigenvalue weighted by molar-refractivity contribution is 5.87. The highest BCUT2D eigenvalue weighted by atomic mass is 19.1. The summed E-state index contributed by atoms with van der Waals surface area (Å²) >= 11 is 0. The van der Waals surface area contributed by atoms with Crippen molar-refractivity contribution in [2.24, 2.45) is 23.2 Å². The fraction of sp³-hybridized carbons (Fsp3) is 0.741. The summed E-state index contributed by atoms with van der Waals surface area (Å²) in [6, 6.07) is 8.81. The van der Waals surface area contributed by atoms with E-state index in [1.807, 2.05) is 7.05 Å². The van der Waals surface area contributed by atoms with Crippen LogP contribution in [0.1, 0.15) is 75.3 Å². The molecule has 0 bridgehead atoms. The van der Waals surface area contributed by atoms with Crippen molar-refractivity contribution in [2.45, 2.75) is 76.8 Å². The van der Waals surface area contributed by atoms with Crippen LogP contribution in [-0.4, -0.2) is 48.7 Å². The van der Waals surface area contributed by atoms with E-state index in [0.717, 1.165) is 58.0 Å². The van der Waals surface area contributed by atoms with Gasteiger partial charge in [-0.2, -0.15) is 0 Å². The third-order valence-corrected chi connectivity index (χ3v) is 8.84. The van der Waals surface area contributed by atoms with Crippen LogP contribution < -0.4 is 0 Å². The van der Waals surface area contributed by atoms with Gasteiger partial charge < -0.3 is 10.0 Å². The van der Waals surface area contributed by atoms with Gasteiger partial charge in [0.05, 0.1) is 0 Å². The van der Waals surface area contributed by atoms with E-state index < -0.39 is 6.17 Å². The van der Waals surface area contributed by atoms with Gasteiger partial charge in [0, 0.05) is 25.0 Å². The first-order valence-corrected chi connectivity index (χ1v) is 12.5. The molecule has 3 nitrogen and oxygen atoms in total. The van der Waals surface area contributed by atoms with E-state index in [9.17, 15) is 4.79 Å². The minimum absolute atomic E-state index is 0.174. The molecule has 1 aromatic rings. The lowest BCUT2D eigenvalue weighted by atomic mass is 9.52. The molecule has 0 radical (unpaired) electrons. The number of halogens is 1. The van der Waals surface area contributed by atoms with Crippen LogP contribution in [0.3, 0.4) is 0 Å². The lowest BCUT2D eigenvalue weighted by Gasteiger charge is -2.52. The predicted octanol–water partition coefficient (Wildman–Crippen LogP) is 5.16. The Kier molecular flexibility index (Phi) is 7.17. The minimum atomic E-state index is -0.771. The minimum Gasteiger partial charge on any atom is -0.396 e. The van der Waals surface area contributed by atoms with Gasteiger partial charge in [-0.1, -0.05) is 31.2 Å². The van der Waals surface area contributed by atoms with Crippen molar-refractivity contribution < 1.29 is 14.3 Å². The molecule has 4 heteroatoms. The summed E-state index contributed by atoms with van der Waals surface area (Å²) in [6.07, 6.45) is 6.87. The number of carbonyl (C=O) groups is 1. The molecule has 1 aromatic carbocycles. The number of fused-ring (bicyclic) bond motifs is 5. The first-order chi connectivity index (χ1) is 14.9. The standard InChI is InChI=1S/C27H40FNO2/c1-27-13-12-23-22-9-4-3-7-19(22)17-20(26(23)24(27)10-11-25(27)31)18-21(28)8-5-14-29(2)15-6-16-30/h3-4,7,9,20-21,23-24,26,30H,5-6,8,10-18H2,1-2H3/t20-,21?,23+,24-,26+,27-/m0/s1. The zero-order valence-corrected chi connectivity index (χ0v) is 19.4. The average Bonchev–Trinajstić information content (AvgIpc) is 3.06. The van der Waals surface area contributed by atoms with Crippen molar-refractivity contribution >= 4 is 5.78 Å². The quantitative estimate of drug-likeness (QED) is 0.589. The number of ketones is 1. The predicted molar refractivity (Wildman–Crippen MR) is 123 cm³/mol. The first-order valence-electron chi connectivity index (χ1n) is 12.5. The van der Waals surface area contributed by atoms with E-state index in [1.54, 1.807) is 0 Å². The Hall–Kier alpha value is -1.26. The molecule has 2 saturated carbocycles. The van der Waals surface area contributed by atoms with Crippen molar-refractivity contribution in [3.05, 3.63) is 35.4 Å². The Morgan fingerprint density at radius 1 is 1.23 bits per heavy atom. The zero-order valence-electron chi connectivity index (χ0n) is 19.4. The molecule has 1 unspecified atom stereocenters. The van der Waals surface area contributed by atoms with E-state index in [-0.39, 0.29) is 12.0 Å². The molecule has 0 amide bonds. The van der Waals surface area contributed by atoms with Gasteiger partial charge in [0.15, 0.2) is 0 Å². The number of alkyl halides is 1. The summed E-state index contributed by atoms with van der Waals surface area (Å²) in [6.45, 7) is 4.17. The summed E-state index contributed by atoms with van der Waals surface area (Å²) in [5.74, 6) is 2.17. The molecule has 0 aliphatic heterocycles. The van der Waals surface area contributed by atoms with Gasteiger partial charge in [-0.05, 0) is 99.8 Å². The molecule has 172 valence electrons. The molecule has 0 spiro atoms. The van der Waals surface area contributed by atoms with Gasteiger partial charge in [0.1, 0.15) is 12.0 Å². The van der Waals surface area contributed by atoms with E-state index in [2.05, 4.69) is 36.1 Å². The molecule has 6 atom stereocenters. The fourth-order valence-electron chi connectivity index (χ4n) is 7.21. The Labute approximate surface area is 187 Å². The topological polar surface area (TPSA) is 40.5 Å². The third-order valence-electron chi connectivity index (χ3n) is 8.84. The summed E-state index contributed by atoms with van der Waals surface area (Å²) in [4.78, 5) is 15.0. The summed E-state index contributed by atoms with van der Waals surface area (Å²) < 4.78 is 15.2. The number of benzene rings is 1. The summed E-state index contributed by atoms with van der Waals surface area (Å²) in [5.41, 5.74) is 2.72. The summed E-state index contributed by atoms with van der Waals surface area (Å²) in [5, 5.41) is 8.97. The largest absolute Gasteiger partial charge is 0.396 e. The Bertz CT molecular complexity index is 767. The van der Waals surface area contributed by atoms with Crippen LogP contribution in [0, 0.1) is 23.2 Å². The van der Waals surface area contributed by atoms with Gasteiger partial charge in [-0.3, -0.25) is 4.79 Å². The van der Waals surface area contributed by atoms with Crippen LogP contribution in [0.15, 0.2) is 24.3 Å². The third kappa shape index (κ3) is 4.61. The maximum Gasteiger partial charge on any atom is 0.139 e. The van der Waals surface area contributed by atoms with E-state index in [4.69, 9.17) is 5.11 Å². The molecule has 0 aromatic heterocycles. The number of nitrogens with zero attached hydrogens (tertiary/aromatic N) is 1. The lowest BCUT2D eigenvalue weighted by Crippen LogP contribution is -2.46. The molecule has 4 rings (SSSR count). The number of rotatable bonds is 9. The summed E-state index contributed by atoms with van der Waals surface area (Å²) in [7, 11) is 2.05. The number of aliphatic hydroxyl groups excluding tert-OH is 1. The van der Waals surface area contributed by atoms with E-state index in [0.29, 0.717) is 42.3 Å². The molecule has 0 saturated heterocycles. The monoisotopic (exact) mass is 429 g/mol. The van der Waals surface area contributed by atoms with Crippen LogP contribution in [0.5, 0.6) is 0 Å². The van der Waals surface area contributed by atoms with E-state index in [1.165, 1.54) is 11.1 Å². The van der Waals surface area contributed by atoms with Crippen molar-refractivity contribution in [1.29, 1.82) is 0 Å². The van der Waals surface area contributed by atoms with Crippen LogP contribution in [0.25, 0.3) is 0 Å². The van der Waals surface area contributed by atoms with Gasteiger partial charge in [-0.15, -0.1) is 0 Å². The number of Topliss-reactive ketones (excluding diaryl/α,β-unsaturated/α-hetero) is 1. The van der Waals surface area contributed by atoms with Crippen molar-refractivity contribution in [3.8, 4) is 0 Å². The van der Waals surface area contributed by atoms with Crippen molar-refractivity contribution in [1.82, 2.24) is 4.90 Å².